The third-order valence-corrected chi connectivity index (χ3v) is 6.36. The fourth-order valence-corrected chi connectivity index (χ4v) is 4.72. The molecule has 1 aliphatic heterocycles. The highest BCUT2D eigenvalue weighted by Gasteiger charge is 2.32. The molecule has 144 valence electrons. The number of hydrogen-bond donors (Lipinski definition) is 0. The summed E-state index contributed by atoms with van der Waals surface area (Å²) in [6.07, 6.45) is 0. The van der Waals surface area contributed by atoms with Gasteiger partial charge in [-0.3, -0.25) is 9.59 Å². The maximum atomic E-state index is 13.1. The summed E-state index contributed by atoms with van der Waals surface area (Å²) >= 11 is 4.61. The lowest BCUT2D eigenvalue weighted by molar-refractivity contribution is -0.112. The Hall–Kier alpha value is -3.04. The lowest BCUT2D eigenvalue weighted by atomic mass is 10.1. The van der Waals surface area contributed by atoms with Crippen LogP contribution >= 0.6 is 27.3 Å². The summed E-state index contributed by atoms with van der Waals surface area (Å²) in [7, 11) is 3.30. The van der Waals surface area contributed by atoms with Crippen molar-refractivity contribution >= 4 is 49.4 Å². The van der Waals surface area contributed by atoms with Crippen LogP contribution in [0.25, 0.3) is 21.9 Å². The van der Waals surface area contributed by atoms with Crippen molar-refractivity contribution in [1.29, 1.82) is 0 Å². The normalized spacial score (nSPS) is 15.3. The molecule has 3 heterocycles. The van der Waals surface area contributed by atoms with Crippen LogP contribution in [0.5, 0.6) is 5.75 Å². The summed E-state index contributed by atoms with van der Waals surface area (Å²) < 4.78 is 7.60. The molecule has 0 spiro atoms. The number of benzene rings is 2. The minimum Gasteiger partial charge on any atom is -0.497 e. The molecule has 0 atom stereocenters. The average molecular weight is 469 g/mol. The number of fused-ring (bicyclic) bond motifs is 2. The Labute approximate surface area is 177 Å². The maximum absolute atomic E-state index is 13.1. The van der Waals surface area contributed by atoms with E-state index in [0.29, 0.717) is 20.9 Å². The second-order valence-corrected chi connectivity index (χ2v) is 8.39. The molecule has 2 aromatic heterocycles. The van der Waals surface area contributed by atoms with Gasteiger partial charge in [0.05, 0.1) is 18.4 Å². The number of rotatable bonds is 2. The number of anilines is 1. The minimum atomic E-state index is -0.346. The van der Waals surface area contributed by atoms with Crippen molar-refractivity contribution in [2.75, 3.05) is 19.1 Å². The van der Waals surface area contributed by atoms with Crippen LogP contribution in [0.15, 0.2) is 51.7 Å². The van der Waals surface area contributed by atoms with Crippen molar-refractivity contribution in [3.63, 3.8) is 0 Å². The van der Waals surface area contributed by atoms with Gasteiger partial charge in [-0.05, 0) is 42.5 Å². The first-order valence-corrected chi connectivity index (χ1v) is 10.2. The Bertz CT molecular complexity index is 1410. The molecule has 1 amide bonds. The zero-order valence-electron chi connectivity index (χ0n) is 15.3. The van der Waals surface area contributed by atoms with Crippen molar-refractivity contribution in [3.8, 4) is 17.1 Å². The number of nitrogens with zero attached hydrogens (tertiary/aromatic N) is 4. The van der Waals surface area contributed by atoms with Gasteiger partial charge in [-0.1, -0.05) is 27.3 Å². The molecule has 9 heteroatoms. The zero-order valence-corrected chi connectivity index (χ0v) is 17.7. The molecule has 4 aromatic rings. The van der Waals surface area contributed by atoms with Crippen LogP contribution in [0, 0.1) is 0 Å². The van der Waals surface area contributed by atoms with E-state index in [4.69, 9.17) is 4.74 Å². The van der Waals surface area contributed by atoms with E-state index in [1.54, 1.807) is 19.1 Å². The van der Waals surface area contributed by atoms with Crippen LogP contribution in [0.1, 0.15) is 5.56 Å². The van der Waals surface area contributed by atoms with Crippen molar-refractivity contribution in [2.24, 2.45) is 0 Å². The Morgan fingerprint density at radius 1 is 1.10 bits per heavy atom. The Balaban J connectivity index is 1.71. The van der Waals surface area contributed by atoms with Crippen LogP contribution in [0.2, 0.25) is 0 Å². The Morgan fingerprint density at radius 2 is 1.86 bits per heavy atom. The molecule has 0 aliphatic carbocycles. The lowest BCUT2D eigenvalue weighted by Gasteiger charge is -2.08. The summed E-state index contributed by atoms with van der Waals surface area (Å²) in [5.41, 5.74) is 2.31. The number of amides is 1. The first-order valence-electron chi connectivity index (χ1n) is 8.64. The number of thiazole rings is 1. The van der Waals surface area contributed by atoms with Gasteiger partial charge in [-0.2, -0.15) is 9.50 Å². The van der Waals surface area contributed by atoms with Crippen molar-refractivity contribution < 1.29 is 9.53 Å². The highest BCUT2D eigenvalue weighted by Crippen LogP contribution is 2.36. The van der Waals surface area contributed by atoms with Gasteiger partial charge in [-0.15, -0.1) is 5.10 Å². The van der Waals surface area contributed by atoms with Gasteiger partial charge >= 0.3 is 0 Å². The molecule has 7 nitrogen and oxygen atoms in total. The summed E-state index contributed by atoms with van der Waals surface area (Å²) in [5, 5.41) is 4.36. The van der Waals surface area contributed by atoms with Gasteiger partial charge in [-0.25, -0.2) is 0 Å². The molecule has 0 saturated carbocycles. The standard InChI is InChI=1S/C20H13BrN4O3S/c1-24-14-8-5-11(21)9-13(14)15(18(24)26)16-19(27)25-20(29-16)22-17(23-25)10-3-6-12(28-2)7-4-10/h3-9H,1-2H3/b16-15-. The monoisotopic (exact) mass is 468 g/mol. The van der Waals surface area contributed by atoms with E-state index in [1.807, 2.05) is 42.5 Å². The molecule has 1 aliphatic rings. The number of ether oxygens (including phenoxy) is 1. The van der Waals surface area contributed by atoms with E-state index in [9.17, 15) is 9.59 Å². The van der Waals surface area contributed by atoms with Gasteiger partial charge in [0.25, 0.3) is 11.5 Å². The summed E-state index contributed by atoms with van der Waals surface area (Å²) in [4.78, 5) is 32.4. The second-order valence-electron chi connectivity index (χ2n) is 6.50. The number of carbonyl (C=O) groups is 1. The summed E-state index contributed by atoms with van der Waals surface area (Å²) in [6.45, 7) is 0. The number of hydrogen-bond acceptors (Lipinski definition) is 6. The number of likely N-dealkylation sites (N-methyl/N-ethyl adjacent to an activating group) is 1. The Kier molecular flexibility index (Phi) is 4.04. The third-order valence-electron chi connectivity index (χ3n) is 4.84. The number of aromatic nitrogens is 3. The van der Waals surface area contributed by atoms with Gasteiger partial charge in [0.2, 0.25) is 4.96 Å². The van der Waals surface area contributed by atoms with Crippen molar-refractivity contribution in [2.45, 2.75) is 0 Å². The molecule has 0 bridgehead atoms. The summed E-state index contributed by atoms with van der Waals surface area (Å²) in [6, 6.07) is 12.9. The molecule has 5 rings (SSSR count). The van der Waals surface area contributed by atoms with Crippen LogP contribution in [0.3, 0.4) is 0 Å². The largest absolute Gasteiger partial charge is 0.497 e. The van der Waals surface area contributed by atoms with E-state index < -0.39 is 0 Å². The Morgan fingerprint density at radius 3 is 2.55 bits per heavy atom. The van der Waals surface area contributed by atoms with Crippen LogP contribution < -0.4 is 19.7 Å². The fourth-order valence-electron chi connectivity index (χ4n) is 3.36. The van der Waals surface area contributed by atoms with E-state index in [2.05, 4.69) is 26.0 Å². The van der Waals surface area contributed by atoms with Crippen LogP contribution in [-0.2, 0) is 4.79 Å². The topological polar surface area (TPSA) is 76.8 Å². The molecule has 0 unspecified atom stereocenters. The smallest absolute Gasteiger partial charge is 0.291 e. The summed E-state index contributed by atoms with van der Waals surface area (Å²) in [5.74, 6) is 0.965. The molecule has 29 heavy (non-hydrogen) atoms. The molecular weight excluding hydrogens is 456 g/mol. The van der Waals surface area contributed by atoms with Gasteiger partial charge in [0, 0.05) is 22.6 Å². The van der Waals surface area contributed by atoms with Crippen molar-refractivity contribution in [1.82, 2.24) is 14.6 Å². The molecule has 0 saturated heterocycles. The maximum Gasteiger partial charge on any atom is 0.291 e. The van der Waals surface area contributed by atoms with Gasteiger partial charge in [0.1, 0.15) is 10.3 Å². The fraction of sp³-hybridized carbons (Fsp3) is 0.100. The first kappa shape index (κ1) is 18.0. The predicted octanol–water partition coefficient (Wildman–Crippen LogP) is 2.48. The molecule has 0 fully saturated rings. The number of carbonyl (C=O) groups excluding carboxylic acids is 1. The van der Waals surface area contributed by atoms with Gasteiger partial charge in [0.15, 0.2) is 5.82 Å². The molecule has 2 aromatic carbocycles. The van der Waals surface area contributed by atoms with Crippen LogP contribution in [0.4, 0.5) is 5.69 Å². The average Bonchev–Trinajstić information content (AvgIpc) is 3.34. The number of halogens is 1. The van der Waals surface area contributed by atoms with Gasteiger partial charge < -0.3 is 9.64 Å². The minimum absolute atomic E-state index is 0.213. The zero-order chi connectivity index (χ0) is 20.3. The van der Waals surface area contributed by atoms with E-state index >= 15 is 0 Å². The molecular formula is C20H13BrN4O3S. The SMILES string of the molecule is COc1ccc(-c2nc3s/c(=C4\C(=O)N(C)c5ccc(Br)cc54)c(=O)n3n2)cc1. The lowest BCUT2D eigenvalue weighted by Crippen LogP contribution is -2.30. The molecule has 0 N–H and O–H groups in total. The first-order chi connectivity index (χ1) is 14.0. The van der Waals surface area contributed by atoms with E-state index in [1.165, 1.54) is 15.9 Å². The quantitative estimate of drug-likeness (QED) is 0.451. The predicted molar refractivity (Wildman–Crippen MR) is 114 cm³/mol. The molecule has 0 radical (unpaired) electrons. The van der Waals surface area contributed by atoms with Crippen molar-refractivity contribution in [3.05, 3.63) is 67.4 Å². The van der Waals surface area contributed by atoms with E-state index in [-0.39, 0.29) is 11.5 Å². The van der Waals surface area contributed by atoms with E-state index in [0.717, 1.165) is 27.0 Å². The second kappa shape index (κ2) is 6.50. The highest BCUT2D eigenvalue weighted by atomic mass is 79.9. The highest BCUT2D eigenvalue weighted by molar-refractivity contribution is 9.10. The number of methoxy groups -OCH3 is 1. The van der Waals surface area contributed by atoms with Crippen LogP contribution in [-0.4, -0.2) is 34.7 Å². The third kappa shape index (κ3) is 2.69.